The molecule has 1 aliphatic carbocycles. The lowest BCUT2D eigenvalue weighted by Gasteiger charge is -2.35. The van der Waals surface area contributed by atoms with Crippen LogP contribution in [0.2, 0.25) is 0 Å². The number of ether oxygens (including phenoxy) is 1. The summed E-state index contributed by atoms with van der Waals surface area (Å²) in [5, 5.41) is 17.5. The van der Waals surface area contributed by atoms with E-state index in [1.807, 2.05) is 62.5 Å². The number of rotatable bonds is 10. The van der Waals surface area contributed by atoms with Crippen molar-refractivity contribution in [1.82, 2.24) is 25.5 Å². The molecule has 5 atom stereocenters. The Hall–Kier alpha value is -5.10. The summed E-state index contributed by atoms with van der Waals surface area (Å²) in [5.74, 6) is -2.88. The number of hydrogen-bond acceptors (Lipinski definition) is 8. The third kappa shape index (κ3) is 6.40. The van der Waals surface area contributed by atoms with Crippen molar-refractivity contribution in [2.75, 3.05) is 6.54 Å². The van der Waals surface area contributed by atoms with E-state index < -0.39 is 58.8 Å². The van der Waals surface area contributed by atoms with Crippen LogP contribution in [0.25, 0.3) is 21.6 Å². The van der Waals surface area contributed by atoms with E-state index >= 15 is 0 Å². The minimum Gasteiger partial charge on any atom is -0.479 e. The number of carboxylic acid groups (broad SMARTS) is 1. The molecule has 1 unspecified atom stereocenters. The lowest BCUT2D eigenvalue weighted by Crippen LogP contribution is -2.59. The maximum atomic E-state index is 14.5. The van der Waals surface area contributed by atoms with Gasteiger partial charge in [-0.25, -0.2) is 14.8 Å². The van der Waals surface area contributed by atoms with Crippen LogP contribution in [-0.4, -0.2) is 73.9 Å². The predicted molar refractivity (Wildman–Crippen MR) is 181 cm³/mol. The van der Waals surface area contributed by atoms with Gasteiger partial charge in [0, 0.05) is 17.9 Å². The van der Waals surface area contributed by atoms with E-state index in [2.05, 4.69) is 17.2 Å². The van der Waals surface area contributed by atoms with Gasteiger partial charge in [0.15, 0.2) is 0 Å². The van der Waals surface area contributed by atoms with Crippen molar-refractivity contribution in [3.63, 3.8) is 0 Å². The zero-order chi connectivity index (χ0) is 34.2. The molecule has 6 rings (SSSR count). The monoisotopic (exact) mass is 667 g/mol. The molecule has 2 aliphatic rings. The zero-order valence-corrected chi connectivity index (χ0v) is 27.7. The fourth-order valence-electron chi connectivity index (χ4n) is 6.11. The number of nitrogens with zero attached hydrogens (tertiary/aromatic N) is 3. The van der Waals surface area contributed by atoms with E-state index in [-0.39, 0.29) is 25.3 Å². The Morgan fingerprint density at radius 1 is 1.04 bits per heavy atom. The van der Waals surface area contributed by atoms with Crippen molar-refractivity contribution < 1.29 is 29.0 Å². The lowest BCUT2D eigenvalue weighted by molar-refractivity contribution is -0.146. The minimum absolute atomic E-state index is 0.00590. The first-order valence-corrected chi connectivity index (χ1v) is 16.6. The number of likely N-dealkylation sites (tertiary alicyclic amines) is 1. The van der Waals surface area contributed by atoms with Crippen LogP contribution in [0.3, 0.4) is 0 Å². The Kier molecular flexibility index (Phi) is 8.78. The van der Waals surface area contributed by atoms with Gasteiger partial charge >= 0.3 is 5.97 Å². The van der Waals surface area contributed by atoms with E-state index in [0.29, 0.717) is 22.3 Å². The Balaban J connectivity index is 1.33. The fourth-order valence-corrected chi connectivity index (χ4v) is 6.82. The average molecular weight is 668 g/mol. The van der Waals surface area contributed by atoms with E-state index in [9.17, 15) is 24.3 Å². The number of benzene rings is 2. The SMILES string of the molecule is C=C[C@@H]1CC1(NC(=O)[C@@H]1C[C@@H](Oc2nc3ccccc3nc2-c2cccs2)CN1C(=O)[C@@H](NC(=O)c1ccccc1)C(C)(C)C)C(=O)O. The van der Waals surface area contributed by atoms with Crippen molar-refractivity contribution >= 4 is 46.1 Å². The third-order valence-electron chi connectivity index (χ3n) is 8.87. The molecule has 2 fully saturated rings. The Bertz CT molecular complexity index is 1870. The minimum atomic E-state index is -1.49. The molecule has 1 aliphatic heterocycles. The highest BCUT2D eigenvalue weighted by Gasteiger charge is 2.61. The first-order chi connectivity index (χ1) is 22.9. The molecule has 0 radical (unpaired) electrons. The highest BCUT2D eigenvalue weighted by Crippen LogP contribution is 2.45. The maximum Gasteiger partial charge on any atom is 0.330 e. The summed E-state index contributed by atoms with van der Waals surface area (Å²) in [6.07, 6.45) is 1.08. The van der Waals surface area contributed by atoms with E-state index in [1.165, 1.54) is 22.3 Å². The summed E-state index contributed by atoms with van der Waals surface area (Å²) in [7, 11) is 0. The number of amides is 3. The molecule has 1 saturated heterocycles. The number of carbonyl (C=O) groups is 4. The number of nitrogens with one attached hydrogen (secondary N) is 2. The molecule has 2 aromatic carbocycles. The molecule has 3 N–H and O–H groups in total. The second kappa shape index (κ2) is 12.8. The summed E-state index contributed by atoms with van der Waals surface area (Å²) in [6, 6.07) is 17.7. The lowest BCUT2D eigenvalue weighted by atomic mass is 9.85. The predicted octanol–water partition coefficient (Wildman–Crippen LogP) is 4.70. The molecule has 12 heteroatoms. The maximum absolute atomic E-state index is 14.5. The summed E-state index contributed by atoms with van der Waals surface area (Å²) in [5.41, 5.74) is -0.000153. The molecule has 11 nitrogen and oxygen atoms in total. The summed E-state index contributed by atoms with van der Waals surface area (Å²) in [6.45, 7) is 9.19. The molecule has 0 bridgehead atoms. The Morgan fingerprint density at radius 2 is 1.73 bits per heavy atom. The summed E-state index contributed by atoms with van der Waals surface area (Å²) in [4.78, 5) is 65.7. The second-order valence-electron chi connectivity index (χ2n) is 13.3. The smallest absolute Gasteiger partial charge is 0.330 e. The third-order valence-corrected chi connectivity index (χ3v) is 9.75. The zero-order valence-electron chi connectivity index (χ0n) is 26.9. The first kappa shape index (κ1) is 32.8. The fraction of sp³-hybridized carbons (Fsp3) is 0.333. The van der Waals surface area contributed by atoms with Gasteiger partial charge in [-0.1, -0.05) is 63.2 Å². The number of para-hydroxylation sites is 2. The van der Waals surface area contributed by atoms with Crippen molar-refractivity contribution in [3.8, 4) is 16.5 Å². The number of aromatic nitrogens is 2. The van der Waals surface area contributed by atoms with Gasteiger partial charge in [-0.3, -0.25) is 14.4 Å². The quantitative estimate of drug-likeness (QED) is 0.206. The van der Waals surface area contributed by atoms with Crippen LogP contribution < -0.4 is 15.4 Å². The molecular weight excluding hydrogens is 630 g/mol. The van der Waals surface area contributed by atoms with Gasteiger partial charge in [0.25, 0.3) is 5.91 Å². The number of carboxylic acids is 1. The van der Waals surface area contributed by atoms with Crippen LogP contribution in [0, 0.1) is 11.3 Å². The van der Waals surface area contributed by atoms with Crippen LogP contribution >= 0.6 is 11.3 Å². The molecular formula is C36H37N5O6S. The largest absolute Gasteiger partial charge is 0.479 e. The molecule has 3 heterocycles. The van der Waals surface area contributed by atoms with Crippen LogP contribution in [0.5, 0.6) is 5.88 Å². The molecule has 3 amide bonds. The number of carbonyl (C=O) groups excluding carboxylic acids is 3. The van der Waals surface area contributed by atoms with E-state index in [0.717, 1.165) is 4.88 Å². The second-order valence-corrected chi connectivity index (χ2v) is 14.2. The van der Waals surface area contributed by atoms with Gasteiger partial charge < -0.3 is 25.4 Å². The topological polar surface area (TPSA) is 151 Å². The van der Waals surface area contributed by atoms with Gasteiger partial charge in [0.2, 0.25) is 17.7 Å². The Labute approximate surface area is 282 Å². The van der Waals surface area contributed by atoms with Crippen LogP contribution in [0.4, 0.5) is 0 Å². The van der Waals surface area contributed by atoms with Gasteiger partial charge in [-0.2, -0.15) is 0 Å². The van der Waals surface area contributed by atoms with Gasteiger partial charge in [-0.15, -0.1) is 17.9 Å². The van der Waals surface area contributed by atoms with Crippen LogP contribution in [-0.2, 0) is 14.4 Å². The number of thiophene rings is 1. The summed E-state index contributed by atoms with van der Waals surface area (Å²) < 4.78 is 6.49. The normalized spacial score (nSPS) is 22.5. The molecule has 1 saturated carbocycles. The van der Waals surface area contributed by atoms with E-state index in [1.54, 1.807) is 30.3 Å². The molecule has 0 spiro atoms. The molecule has 248 valence electrons. The van der Waals surface area contributed by atoms with Crippen LogP contribution in [0.15, 0.2) is 84.8 Å². The summed E-state index contributed by atoms with van der Waals surface area (Å²) >= 11 is 1.48. The van der Waals surface area contributed by atoms with Gasteiger partial charge in [0.1, 0.15) is 29.4 Å². The standard InChI is InChI=1S/C36H37N5O6S/c1-5-22-19-36(22,34(45)46)40-31(43)26-18-23(47-32-28(27-16-11-17-48-27)37-24-14-9-10-15-25(24)38-32)20-41(26)33(44)29(35(2,3)4)39-30(42)21-12-7-6-8-13-21/h5-17,22-23,26,29H,1,18-20H2,2-4H3,(H,39,42)(H,40,43)(H,45,46)/t22-,23-,26+,29-,36?/m1/s1. The van der Waals surface area contributed by atoms with Gasteiger partial charge in [0.05, 0.1) is 22.5 Å². The van der Waals surface area contributed by atoms with Crippen molar-refractivity contribution in [3.05, 3.63) is 90.3 Å². The highest BCUT2D eigenvalue weighted by atomic mass is 32.1. The number of hydrogen-bond donors (Lipinski definition) is 3. The average Bonchev–Trinajstić information content (AvgIpc) is 3.36. The van der Waals surface area contributed by atoms with Crippen molar-refractivity contribution in [2.24, 2.45) is 11.3 Å². The molecule has 2 aromatic heterocycles. The van der Waals surface area contributed by atoms with Crippen molar-refractivity contribution in [1.29, 1.82) is 0 Å². The Morgan fingerprint density at radius 3 is 2.33 bits per heavy atom. The van der Waals surface area contributed by atoms with E-state index in [4.69, 9.17) is 14.7 Å². The van der Waals surface area contributed by atoms with Crippen LogP contribution in [0.1, 0.15) is 44.0 Å². The number of aliphatic carboxylic acids is 1. The highest BCUT2D eigenvalue weighted by molar-refractivity contribution is 7.13. The van der Waals surface area contributed by atoms with Crippen molar-refractivity contribution in [2.45, 2.75) is 57.3 Å². The first-order valence-electron chi connectivity index (χ1n) is 15.7. The van der Waals surface area contributed by atoms with Gasteiger partial charge in [-0.05, 0) is 47.5 Å². The molecule has 48 heavy (non-hydrogen) atoms. The molecule has 4 aromatic rings. The number of fused-ring (bicyclic) bond motifs is 1.